The fourth-order valence-electron chi connectivity index (χ4n) is 1.12. The number of amides is 1. The molecule has 0 aromatic carbocycles. The normalized spacial score (nSPS) is 19.5. The minimum Gasteiger partial charge on any atom is -0.584 e. The van der Waals surface area contributed by atoms with E-state index in [9.17, 15) is 9.90 Å². The zero-order valence-electron chi connectivity index (χ0n) is 7.59. The van der Waals surface area contributed by atoms with Gasteiger partial charge < -0.3 is 9.84 Å². The van der Waals surface area contributed by atoms with Gasteiger partial charge in [-0.3, -0.25) is 4.79 Å². The fraction of sp³-hybridized carbons (Fsp3) is 0.714. The summed E-state index contributed by atoms with van der Waals surface area (Å²) in [5.41, 5.74) is -0.947. The van der Waals surface area contributed by atoms with E-state index in [-0.39, 0.29) is 29.6 Å². The van der Waals surface area contributed by atoms with Crippen LogP contribution in [0.4, 0.5) is 0 Å². The van der Waals surface area contributed by atoms with E-state index in [2.05, 4.69) is 4.99 Å². The van der Waals surface area contributed by atoms with Gasteiger partial charge >= 0.3 is 29.6 Å². The first-order valence-electron chi connectivity index (χ1n) is 3.64. The third kappa shape index (κ3) is 1.81. The van der Waals surface area contributed by atoms with E-state index < -0.39 is 17.6 Å². The van der Waals surface area contributed by atoms with Gasteiger partial charge in [0.15, 0.2) is 6.08 Å². The Morgan fingerprint density at radius 3 is 2.17 bits per heavy atom. The minimum absolute atomic E-state index is 0. The summed E-state index contributed by atoms with van der Waals surface area (Å²) in [6.45, 7) is 3.60. The second kappa shape index (κ2) is 4.25. The second-order valence-corrected chi connectivity index (χ2v) is 2.49. The van der Waals surface area contributed by atoms with Crippen LogP contribution in [-0.4, -0.2) is 17.6 Å². The maximum absolute atomic E-state index is 11.1. The van der Waals surface area contributed by atoms with Gasteiger partial charge in [0.1, 0.15) is 0 Å². The van der Waals surface area contributed by atoms with Crippen molar-refractivity contribution in [2.75, 3.05) is 0 Å². The number of hydrogen-bond acceptors (Lipinski definition) is 3. The van der Waals surface area contributed by atoms with Crippen LogP contribution in [0.2, 0.25) is 0 Å². The molecule has 0 N–H and O–H groups in total. The first-order chi connectivity index (χ1) is 5.14. The second-order valence-electron chi connectivity index (χ2n) is 2.49. The maximum Gasteiger partial charge on any atom is 1.00 e. The van der Waals surface area contributed by atoms with E-state index in [4.69, 9.17) is 4.74 Å². The largest absolute Gasteiger partial charge is 1.00 e. The van der Waals surface area contributed by atoms with Crippen molar-refractivity contribution in [3.05, 3.63) is 0 Å². The van der Waals surface area contributed by atoms with Gasteiger partial charge in [-0.25, -0.2) is 0 Å². The molecule has 0 unspecified atom stereocenters. The van der Waals surface area contributed by atoms with Crippen LogP contribution in [0, 0.1) is 0 Å². The number of ether oxygens (including phenoxy) is 1. The average Bonchev–Trinajstić information content (AvgIpc) is 2.27. The van der Waals surface area contributed by atoms with E-state index in [0.717, 1.165) is 0 Å². The Hall–Kier alpha value is -0.0600. The Bertz CT molecular complexity index is 211. The SMILES string of the molecule is CCC1(CC)OC([O-])=NC1=O.[Na+]. The summed E-state index contributed by atoms with van der Waals surface area (Å²) in [5.74, 6) is -0.437. The summed E-state index contributed by atoms with van der Waals surface area (Å²) in [6.07, 6.45) is 0.244. The van der Waals surface area contributed by atoms with Gasteiger partial charge in [-0.1, -0.05) is 13.8 Å². The molecule has 0 bridgehead atoms. The molecule has 1 amide bonds. The van der Waals surface area contributed by atoms with Crippen LogP contribution in [-0.2, 0) is 9.53 Å². The average molecular weight is 179 g/mol. The molecule has 0 aliphatic carbocycles. The van der Waals surface area contributed by atoms with Crippen molar-refractivity contribution in [2.24, 2.45) is 4.99 Å². The Balaban J connectivity index is 0.00000121. The van der Waals surface area contributed by atoms with Crippen molar-refractivity contribution in [3.63, 3.8) is 0 Å². The Kier molecular flexibility index (Phi) is 4.23. The molecule has 0 aromatic rings. The zero-order valence-corrected chi connectivity index (χ0v) is 9.59. The van der Waals surface area contributed by atoms with Gasteiger partial charge in [0.05, 0.1) is 5.60 Å². The van der Waals surface area contributed by atoms with Crippen LogP contribution in [0.5, 0.6) is 0 Å². The molecule has 1 aliphatic rings. The van der Waals surface area contributed by atoms with Crippen molar-refractivity contribution in [3.8, 4) is 0 Å². The number of carbonyl (C=O) groups excluding carboxylic acids is 1. The van der Waals surface area contributed by atoms with Crippen LogP contribution in [0.3, 0.4) is 0 Å². The number of rotatable bonds is 2. The number of carbonyl (C=O) groups is 1. The third-order valence-corrected chi connectivity index (χ3v) is 2.01. The fourth-order valence-corrected chi connectivity index (χ4v) is 1.12. The molecule has 1 aliphatic heterocycles. The van der Waals surface area contributed by atoms with E-state index in [1.165, 1.54) is 0 Å². The van der Waals surface area contributed by atoms with Crippen LogP contribution >= 0.6 is 0 Å². The standard InChI is InChI=1S/C7H11NO3.Na/c1-3-7(4-2)5(9)8-6(10)11-7;/h3-4H2,1-2H3,(H,8,9,10);/q;+1/p-1. The predicted molar refractivity (Wildman–Crippen MR) is 36.8 cm³/mol. The topological polar surface area (TPSA) is 61.7 Å². The summed E-state index contributed by atoms with van der Waals surface area (Å²) >= 11 is 0. The molecule has 0 saturated carbocycles. The molecule has 1 heterocycles. The molecule has 0 aromatic heterocycles. The van der Waals surface area contributed by atoms with Crippen molar-refractivity contribution >= 4 is 12.0 Å². The smallest absolute Gasteiger partial charge is 0.584 e. The van der Waals surface area contributed by atoms with E-state index >= 15 is 0 Å². The molecule has 1 rings (SSSR count). The monoisotopic (exact) mass is 179 g/mol. The summed E-state index contributed by atoms with van der Waals surface area (Å²) < 4.78 is 4.80. The van der Waals surface area contributed by atoms with Crippen LogP contribution in [0.15, 0.2) is 4.99 Å². The molecular weight excluding hydrogens is 169 g/mol. The van der Waals surface area contributed by atoms with E-state index in [1.54, 1.807) is 13.8 Å². The molecule has 0 fully saturated rings. The maximum atomic E-state index is 11.1. The summed E-state index contributed by atoms with van der Waals surface area (Å²) in [6, 6.07) is 0. The quantitative estimate of drug-likeness (QED) is 0.420. The summed E-state index contributed by atoms with van der Waals surface area (Å²) in [5, 5.41) is 10.6. The summed E-state index contributed by atoms with van der Waals surface area (Å²) in [4.78, 5) is 14.2. The summed E-state index contributed by atoms with van der Waals surface area (Å²) in [7, 11) is 0. The number of hydrogen-bond donors (Lipinski definition) is 0. The van der Waals surface area contributed by atoms with Gasteiger partial charge in [0.25, 0.3) is 5.91 Å². The van der Waals surface area contributed by atoms with Crippen molar-refractivity contribution in [1.29, 1.82) is 0 Å². The van der Waals surface area contributed by atoms with Gasteiger partial charge in [-0.2, -0.15) is 4.99 Å². The number of nitrogens with zero attached hydrogens (tertiary/aromatic N) is 1. The van der Waals surface area contributed by atoms with Crippen molar-refractivity contribution < 1.29 is 44.2 Å². The van der Waals surface area contributed by atoms with E-state index in [1.807, 2.05) is 0 Å². The van der Waals surface area contributed by atoms with Crippen molar-refractivity contribution in [1.82, 2.24) is 0 Å². The molecule has 0 saturated heterocycles. The van der Waals surface area contributed by atoms with Crippen molar-refractivity contribution in [2.45, 2.75) is 32.3 Å². The van der Waals surface area contributed by atoms with Gasteiger partial charge in [0.2, 0.25) is 0 Å². The third-order valence-electron chi connectivity index (χ3n) is 2.01. The molecule has 0 spiro atoms. The van der Waals surface area contributed by atoms with Crippen LogP contribution in [0.1, 0.15) is 26.7 Å². The van der Waals surface area contributed by atoms with Gasteiger partial charge in [-0.15, -0.1) is 0 Å². The first-order valence-corrected chi connectivity index (χ1v) is 3.64. The molecule has 0 radical (unpaired) electrons. The van der Waals surface area contributed by atoms with Gasteiger partial charge in [0, 0.05) is 0 Å². The van der Waals surface area contributed by atoms with E-state index in [0.29, 0.717) is 12.8 Å². The Morgan fingerprint density at radius 1 is 1.50 bits per heavy atom. The zero-order chi connectivity index (χ0) is 8.48. The molecule has 62 valence electrons. The van der Waals surface area contributed by atoms with Crippen LogP contribution in [0.25, 0.3) is 0 Å². The Morgan fingerprint density at radius 2 is 2.00 bits per heavy atom. The first kappa shape index (κ1) is 11.9. The Labute approximate surface area is 93.3 Å². The van der Waals surface area contributed by atoms with Gasteiger partial charge in [-0.05, 0) is 12.8 Å². The molecular formula is C7H10NNaO3. The molecule has 5 heteroatoms. The minimum atomic E-state index is -0.947. The number of aliphatic imine (C=N–C) groups is 1. The predicted octanol–water partition coefficient (Wildman–Crippen LogP) is -3.18. The van der Waals surface area contributed by atoms with Crippen LogP contribution < -0.4 is 34.7 Å². The molecule has 4 nitrogen and oxygen atoms in total. The molecule has 0 atom stereocenters. The molecule has 12 heavy (non-hydrogen) atoms.